The molecule has 3 rings (SSSR count). The van der Waals surface area contributed by atoms with Crippen LogP contribution in [-0.2, 0) is 23.3 Å². The average molecular weight is 267 g/mol. The molecule has 1 saturated heterocycles. The lowest BCUT2D eigenvalue weighted by atomic mass is 10.1. The van der Waals surface area contributed by atoms with Crippen molar-refractivity contribution in [2.45, 2.75) is 13.1 Å². The summed E-state index contributed by atoms with van der Waals surface area (Å²) in [6.45, 7) is 3.61. The fourth-order valence-electron chi connectivity index (χ4n) is 2.50. The van der Waals surface area contributed by atoms with Gasteiger partial charge in [0.25, 0.3) is 10.2 Å². The van der Waals surface area contributed by atoms with Crippen molar-refractivity contribution in [3.8, 4) is 0 Å². The molecule has 1 aromatic carbocycles. The van der Waals surface area contributed by atoms with Crippen LogP contribution in [0.4, 0.5) is 0 Å². The molecule has 98 valence electrons. The first-order chi connectivity index (χ1) is 8.68. The Kier molecular flexibility index (Phi) is 3.11. The van der Waals surface area contributed by atoms with Crippen molar-refractivity contribution in [1.82, 2.24) is 13.9 Å². The second-order valence-electron chi connectivity index (χ2n) is 4.69. The van der Waals surface area contributed by atoms with Gasteiger partial charge in [-0.3, -0.25) is 0 Å². The van der Waals surface area contributed by atoms with Crippen LogP contribution in [0.15, 0.2) is 24.3 Å². The standard InChI is InChI=1S/C12H17N3O2S/c16-18(17,14-7-5-13-6-8-14)15-9-11-3-1-2-4-12(11)10-15/h1-4,13H,5-10H2. The van der Waals surface area contributed by atoms with Gasteiger partial charge in [0, 0.05) is 39.3 Å². The lowest BCUT2D eigenvalue weighted by molar-refractivity contribution is 0.314. The molecular weight excluding hydrogens is 250 g/mol. The third-order valence-electron chi connectivity index (χ3n) is 3.54. The molecule has 0 spiro atoms. The van der Waals surface area contributed by atoms with Crippen LogP contribution in [0.25, 0.3) is 0 Å². The second-order valence-corrected chi connectivity index (χ2v) is 6.62. The third kappa shape index (κ3) is 2.05. The first kappa shape index (κ1) is 12.1. The molecule has 0 radical (unpaired) electrons. The van der Waals surface area contributed by atoms with Crippen molar-refractivity contribution in [3.63, 3.8) is 0 Å². The molecule has 0 aromatic heterocycles. The van der Waals surface area contributed by atoms with E-state index in [1.54, 1.807) is 8.61 Å². The van der Waals surface area contributed by atoms with Gasteiger partial charge in [-0.05, 0) is 11.1 Å². The van der Waals surface area contributed by atoms with Crippen LogP contribution in [-0.4, -0.2) is 43.2 Å². The van der Waals surface area contributed by atoms with E-state index in [4.69, 9.17) is 0 Å². The van der Waals surface area contributed by atoms with Crippen molar-refractivity contribution in [2.24, 2.45) is 0 Å². The minimum absolute atomic E-state index is 0.502. The van der Waals surface area contributed by atoms with Crippen LogP contribution in [0.3, 0.4) is 0 Å². The zero-order chi connectivity index (χ0) is 12.6. The summed E-state index contributed by atoms with van der Waals surface area (Å²) < 4.78 is 28.1. The third-order valence-corrected chi connectivity index (χ3v) is 5.47. The number of benzene rings is 1. The van der Waals surface area contributed by atoms with E-state index in [9.17, 15) is 8.42 Å². The van der Waals surface area contributed by atoms with Gasteiger partial charge in [0.05, 0.1) is 0 Å². The van der Waals surface area contributed by atoms with E-state index < -0.39 is 10.2 Å². The van der Waals surface area contributed by atoms with Crippen molar-refractivity contribution >= 4 is 10.2 Å². The highest BCUT2D eigenvalue weighted by molar-refractivity contribution is 7.86. The Morgan fingerprint density at radius 3 is 2.06 bits per heavy atom. The van der Waals surface area contributed by atoms with E-state index in [2.05, 4.69) is 5.32 Å². The molecular formula is C12H17N3O2S. The number of hydrogen-bond donors (Lipinski definition) is 1. The zero-order valence-electron chi connectivity index (χ0n) is 10.2. The smallest absolute Gasteiger partial charge is 0.282 e. The number of fused-ring (bicyclic) bond motifs is 1. The summed E-state index contributed by atoms with van der Waals surface area (Å²) in [5, 5.41) is 3.17. The maximum absolute atomic E-state index is 12.5. The predicted octanol–water partition coefficient (Wildman–Crippen LogP) is 0.152. The monoisotopic (exact) mass is 267 g/mol. The summed E-state index contributed by atoms with van der Waals surface area (Å²) in [6, 6.07) is 7.92. The van der Waals surface area contributed by atoms with Crippen LogP contribution >= 0.6 is 0 Å². The highest BCUT2D eigenvalue weighted by Crippen LogP contribution is 2.26. The minimum Gasteiger partial charge on any atom is -0.314 e. The van der Waals surface area contributed by atoms with E-state index in [-0.39, 0.29) is 0 Å². The number of piperazine rings is 1. The van der Waals surface area contributed by atoms with Gasteiger partial charge < -0.3 is 5.32 Å². The Morgan fingerprint density at radius 1 is 0.944 bits per heavy atom. The van der Waals surface area contributed by atoms with Crippen LogP contribution < -0.4 is 5.32 Å². The average Bonchev–Trinajstić information content (AvgIpc) is 2.84. The molecule has 5 nitrogen and oxygen atoms in total. The Balaban J connectivity index is 1.80. The summed E-state index contributed by atoms with van der Waals surface area (Å²) in [5.41, 5.74) is 2.24. The molecule has 0 atom stereocenters. The maximum Gasteiger partial charge on any atom is 0.282 e. The van der Waals surface area contributed by atoms with Crippen LogP contribution in [0.1, 0.15) is 11.1 Å². The molecule has 0 amide bonds. The number of nitrogens with zero attached hydrogens (tertiary/aromatic N) is 2. The van der Waals surface area contributed by atoms with Crippen molar-refractivity contribution in [2.75, 3.05) is 26.2 Å². The molecule has 1 N–H and O–H groups in total. The SMILES string of the molecule is O=S(=O)(N1CCNCC1)N1Cc2ccccc2C1. The Labute approximate surface area is 108 Å². The Morgan fingerprint density at radius 2 is 1.50 bits per heavy atom. The molecule has 0 aliphatic carbocycles. The molecule has 0 unspecified atom stereocenters. The molecule has 18 heavy (non-hydrogen) atoms. The first-order valence-corrected chi connectivity index (χ1v) is 7.60. The van der Waals surface area contributed by atoms with Crippen molar-refractivity contribution in [1.29, 1.82) is 0 Å². The number of hydrogen-bond acceptors (Lipinski definition) is 3. The van der Waals surface area contributed by atoms with E-state index >= 15 is 0 Å². The van der Waals surface area contributed by atoms with Crippen LogP contribution in [0, 0.1) is 0 Å². The maximum atomic E-state index is 12.5. The van der Waals surface area contributed by atoms with Gasteiger partial charge in [-0.25, -0.2) is 0 Å². The van der Waals surface area contributed by atoms with E-state index in [0.29, 0.717) is 26.2 Å². The summed E-state index contributed by atoms with van der Waals surface area (Å²) in [4.78, 5) is 0. The first-order valence-electron chi connectivity index (χ1n) is 6.20. The van der Waals surface area contributed by atoms with E-state index in [1.165, 1.54) is 0 Å². The molecule has 2 heterocycles. The lowest BCUT2D eigenvalue weighted by Gasteiger charge is -2.30. The summed E-state index contributed by atoms with van der Waals surface area (Å²) in [5.74, 6) is 0. The number of rotatable bonds is 2. The quantitative estimate of drug-likeness (QED) is 0.830. The van der Waals surface area contributed by atoms with Gasteiger partial charge in [0.1, 0.15) is 0 Å². The Bertz CT molecular complexity index is 513. The highest BCUT2D eigenvalue weighted by Gasteiger charge is 2.34. The topological polar surface area (TPSA) is 52.7 Å². The van der Waals surface area contributed by atoms with Crippen molar-refractivity contribution in [3.05, 3.63) is 35.4 Å². The zero-order valence-corrected chi connectivity index (χ0v) is 11.0. The fourth-order valence-corrected chi connectivity index (χ4v) is 4.08. The highest BCUT2D eigenvalue weighted by atomic mass is 32.2. The van der Waals surface area contributed by atoms with Gasteiger partial charge in [-0.2, -0.15) is 17.0 Å². The predicted molar refractivity (Wildman–Crippen MR) is 69.1 cm³/mol. The lowest BCUT2D eigenvalue weighted by Crippen LogP contribution is -2.50. The minimum atomic E-state index is -3.30. The molecule has 2 aliphatic rings. The van der Waals surface area contributed by atoms with Gasteiger partial charge in [0.2, 0.25) is 0 Å². The summed E-state index contributed by atoms with van der Waals surface area (Å²) >= 11 is 0. The molecule has 1 fully saturated rings. The van der Waals surface area contributed by atoms with E-state index in [0.717, 1.165) is 24.2 Å². The fraction of sp³-hybridized carbons (Fsp3) is 0.500. The van der Waals surface area contributed by atoms with Gasteiger partial charge in [0.15, 0.2) is 0 Å². The van der Waals surface area contributed by atoms with Crippen LogP contribution in [0.2, 0.25) is 0 Å². The Hall–Kier alpha value is -0.950. The number of nitrogens with one attached hydrogen (secondary N) is 1. The largest absolute Gasteiger partial charge is 0.314 e. The molecule has 2 aliphatic heterocycles. The molecule has 0 saturated carbocycles. The van der Waals surface area contributed by atoms with Crippen LogP contribution in [0.5, 0.6) is 0 Å². The summed E-state index contributed by atoms with van der Waals surface area (Å²) in [6.07, 6.45) is 0. The molecule has 6 heteroatoms. The summed E-state index contributed by atoms with van der Waals surface area (Å²) in [7, 11) is -3.30. The normalized spacial score (nSPS) is 22.0. The van der Waals surface area contributed by atoms with Gasteiger partial charge >= 0.3 is 0 Å². The van der Waals surface area contributed by atoms with Crippen molar-refractivity contribution < 1.29 is 8.42 Å². The van der Waals surface area contributed by atoms with Gasteiger partial charge in [-0.1, -0.05) is 24.3 Å². The molecule has 0 bridgehead atoms. The molecule has 1 aromatic rings. The second kappa shape index (κ2) is 4.62. The van der Waals surface area contributed by atoms with Gasteiger partial charge in [-0.15, -0.1) is 0 Å². The van der Waals surface area contributed by atoms with E-state index in [1.807, 2.05) is 24.3 Å².